The van der Waals surface area contributed by atoms with Crippen molar-refractivity contribution in [3.8, 4) is 10.4 Å². The van der Waals surface area contributed by atoms with Gasteiger partial charge >= 0.3 is 0 Å². The van der Waals surface area contributed by atoms with Gasteiger partial charge in [-0.05, 0) is 11.6 Å². The predicted molar refractivity (Wildman–Crippen MR) is 67.3 cm³/mol. The fourth-order valence-corrected chi connectivity index (χ4v) is 2.95. The Bertz CT molecular complexity index is 601. The number of rotatable bonds is 1. The van der Waals surface area contributed by atoms with Crippen LogP contribution in [0.5, 0.6) is 0 Å². The van der Waals surface area contributed by atoms with Gasteiger partial charge in [-0.2, -0.15) is 0 Å². The number of hydrogen-bond acceptors (Lipinski definition) is 3. The van der Waals surface area contributed by atoms with Crippen LogP contribution in [0.1, 0.15) is 16.8 Å². The first-order chi connectivity index (χ1) is 8.24. The van der Waals surface area contributed by atoms with E-state index in [1.807, 2.05) is 36.4 Å². The minimum Gasteiger partial charge on any atom is -0.317 e. The van der Waals surface area contributed by atoms with E-state index in [1.54, 1.807) is 0 Å². The molecule has 17 heavy (non-hydrogen) atoms. The summed E-state index contributed by atoms with van der Waals surface area (Å²) in [6.45, 7) is 0. The van der Waals surface area contributed by atoms with Crippen LogP contribution in [-0.4, -0.2) is 11.7 Å². The highest BCUT2D eigenvalue weighted by molar-refractivity contribution is 7.20. The summed E-state index contributed by atoms with van der Waals surface area (Å²) in [4.78, 5) is 23.9. The Kier molecular flexibility index (Phi) is 2.30. The highest BCUT2D eigenvalue weighted by Crippen LogP contribution is 2.37. The predicted octanol–water partition coefficient (Wildman–Crippen LogP) is 2.94. The van der Waals surface area contributed by atoms with Crippen LogP contribution in [0.4, 0.5) is 5.00 Å². The number of amides is 1. The highest BCUT2D eigenvalue weighted by atomic mass is 32.1. The summed E-state index contributed by atoms with van der Waals surface area (Å²) in [5.41, 5.74) is 1.70. The largest absolute Gasteiger partial charge is 0.317 e. The minimum atomic E-state index is -0.219. The molecule has 2 aromatic rings. The molecule has 2 heterocycles. The number of Topliss-reactive ketones (excluding diaryl/α,β-unsaturated/α-hetero) is 1. The Balaban J connectivity index is 2.08. The van der Waals surface area contributed by atoms with Gasteiger partial charge in [-0.25, -0.2) is 0 Å². The Labute approximate surface area is 102 Å². The molecule has 0 saturated heterocycles. The van der Waals surface area contributed by atoms with E-state index in [1.165, 1.54) is 11.3 Å². The van der Waals surface area contributed by atoms with E-state index in [9.17, 15) is 9.59 Å². The van der Waals surface area contributed by atoms with Crippen molar-refractivity contribution in [2.24, 2.45) is 0 Å². The van der Waals surface area contributed by atoms with Crippen LogP contribution in [0, 0.1) is 0 Å². The van der Waals surface area contributed by atoms with Crippen molar-refractivity contribution >= 4 is 28.0 Å². The summed E-state index contributed by atoms with van der Waals surface area (Å²) in [6, 6.07) is 11.7. The maximum absolute atomic E-state index is 11.7. The van der Waals surface area contributed by atoms with E-state index in [0.717, 1.165) is 10.4 Å². The zero-order valence-electron chi connectivity index (χ0n) is 8.90. The third-order valence-corrected chi connectivity index (χ3v) is 3.76. The number of carbonyl (C=O) groups excluding carboxylic acids is 2. The number of ketones is 1. The molecule has 0 spiro atoms. The smallest absolute Gasteiger partial charge is 0.232 e. The average molecular weight is 243 g/mol. The first kappa shape index (κ1) is 10.2. The first-order valence-corrected chi connectivity index (χ1v) is 6.08. The molecule has 0 atom stereocenters. The lowest BCUT2D eigenvalue weighted by atomic mass is 10.1. The summed E-state index contributed by atoms with van der Waals surface area (Å²) in [7, 11) is 0. The first-order valence-electron chi connectivity index (χ1n) is 5.26. The van der Waals surface area contributed by atoms with E-state index in [2.05, 4.69) is 5.32 Å². The fourth-order valence-electron chi connectivity index (χ4n) is 1.85. The minimum absolute atomic E-state index is 0.0437. The molecule has 1 aromatic heterocycles. The van der Waals surface area contributed by atoms with E-state index >= 15 is 0 Å². The fraction of sp³-hybridized carbons (Fsp3) is 0.0769. The molecule has 0 fully saturated rings. The van der Waals surface area contributed by atoms with Gasteiger partial charge in [-0.3, -0.25) is 9.59 Å². The summed E-state index contributed by atoms with van der Waals surface area (Å²) in [6.07, 6.45) is -0.0437. The van der Waals surface area contributed by atoms with Crippen LogP contribution in [0.3, 0.4) is 0 Å². The highest BCUT2D eigenvalue weighted by Gasteiger charge is 2.25. The molecule has 84 valence electrons. The maximum atomic E-state index is 11.7. The molecular weight excluding hydrogens is 234 g/mol. The monoisotopic (exact) mass is 243 g/mol. The van der Waals surface area contributed by atoms with Crippen molar-refractivity contribution in [2.75, 3.05) is 5.32 Å². The Hall–Kier alpha value is -1.94. The summed E-state index contributed by atoms with van der Waals surface area (Å²) < 4.78 is 0. The summed E-state index contributed by atoms with van der Waals surface area (Å²) in [5.74, 6) is -0.314. The Morgan fingerprint density at radius 1 is 1.12 bits per heavy atom. The molecule has 1 amide bonds. The van der Waals surface area contributed by atoms with Crippen molar-refractivity contribution in [1.29, 1.82) is 0 Å². The van der Waals surface area contributed by atoms with Gasteiger partial charge in [0.15, 0.2) is 5.78 Å². The topological polar surface area (TPSA) is 46.2 Å². The zero-order chi connectivity index (χ0) is 11.8. The summed E-state index contributed by atoms with van der Waals surface area (Å²) in [5, 5.41) is 3.41. The third-order valence-electron chi connectivity index (χ3n) is 2.66. The van der Waals surface area contributed by atoms with E-state index in [0.29, 0.717) is 10.6 Å². The second kappa shape index (κ2) is 3.82. The lowest BCUT2D eigenvalue weighted by Crippen LogP contribution is -2.22. The van der Waals surface area contributed by atoms with Crippen molar-refractivity contribution in [2.45, 2.75) is 6.42 Å². The van der Waals surface area contributed by atoms with Crippen molar-refractivity contribution in [3.05, 3.63) is 42.0 Å². The van der Waals surface area contributed by atoms with Crippen LogP contribution in [0.2, 0.25) is 0 Å². The van der Waals surface area contributed by atoms with Crippen molar-refractivity contribution in [3.63, 3.8) is 0 Å². The third kappa shape index (κ3) is 1.76. The molecule has 0 unspecified atom stereocenters. The van der Waals surface area contributed by atoms with E-state index < -0.39 is 0 Å². The van der Waals surface area contributed by atoms with Gasteiger partial charge in [-0.15, -0.1) is 11.3 Å². The zero-order valence-corrected chi connectivity index (χ0v) is 9.71. The number of thiophene rings is 1. The number of hydrogen-bond donors (Lipinski definition) is 1. The average Bonchev–Trinajstić information content (AvgIpc) is 2.74. The second-order valence-corrected chi connectivity index (χ2v) is 4.92. The Morgan fingerprint density at radius 2 is 1.88 bits per heavy atom. The van der Waals surface area contributed by atoms with Crippen molar-refractivity contribution in [1.82, 2.24) is 0 Å². The molecule has 1 aliphatic heterocycles. The second-order valence-electron chi connectivity index (χ2n) is 3.87. The molecule has 3 rings (SSSR count). The Morgan fingerprint density at radius 3 is 2.65 bits per heavy atom. The molecule has 1 N–H and O–H groups in total. The number of benzene rings is 1. The van der Waals surface area contributed by atoms with E-state index in [4.69, 9.17) is 0 Å². The number of fused-ring (bicyclic) bond motifs is 1. The van der Waals surface area contributed by atoms with Gasteiger partial charge in [0.2, 0.25) is 5.91 Å². The standard InChI is InChI=1S/C13H9NO2S/c15-10-7-12(16)14-13-9(10)6-11(17-13)8-4-2-1-3-5-8/h1-6H,7H2,(H,14,16). The number of nitrogens with one attached hydrogen (secondary N) is 1. The van der Waals surface area contributed by atoms with Crippen LogP contribution < -0.4 is 5.32 Å². The molecule has 4 heteroatoms. The van der Waals surface area contributed by atoms with Crippen LogP contribution >= 0.6 is 11.3 Å². The number of anilines is 1. The molecule has 0 aliphatic carbocycles. The van der Waals surface area contributed by atoms with Gasteiger partial charge < -0.3 is 5.32 Å². The van der Waals surface area contributed by atoms with Crippen LogP contribution in [0.25, 0.3) is 10.4 Å². The molecule has 0 radical (unpaired) electrons. The van der Waals surface area contributed by atoms with Crippen LogP contribution in [-0.2, 0) is 4.79 Å². The van der Waals surface area contributed by atoms with Gasteiger partial charge in [-0.1, -0.05) is 30.3 Å². The lowest BCUT2D eigenvalue weighted by Gasteiger charge is -2.09. The van der Waals surface area contributed by atoms with Crippen LogP contribution in [0.15, 0.2) is 36.4 Å². The molecule has 0 saturated carbocycles. The normalized spacial score (nSPS) is 14.4. The molecular formula is C13H9NO2S. The SMILES string of the molecule is O=C1CC(=O)c2cc(-c3ccccc3)sc2N1. The van der Waals surface area contributed by atoms with Gasteiger partial charge in [0.25, 0.3) is 0 Å². The van der Waals surface area contributed by atoms with Gasteiger partial charge in [0, 0.05) is 4.88 Å². The van der Waals surface area contributed by atoms with Crippen molar-refractivity contribution < 1.29 is 9.59 Å². The summed E-state index contributed by atoms with van der Waals surface area (Å²) >= 11 is 1.44. The molecule has 3 nitrogen and oxygen atoms in total. The molecule has 1 aromatic carbocycles. The molecule has 0 bridgehead atoms. The van der Waals surface area contributed by atoms with E-state index in [-0.39, 0.29) is 18.1 Å². The molecule has 1 aliphatic rings. The van der Waals surface area contributed by atoms with Gasteiger partial charge in [0.1, 0.15) is 5.00 Å². The quantitative estimate of drug-likeness (QED) is 0.783. The maximum Gasteiger partial charge on any atom is 0.232 e. The lowest BCUT2D eigenvalue weighted by molar-refractivity contribution is -0.115. The number of carbonyl (C=O) groups is 2. The van der Waals surface area contributed by atoms with Gasteiger partial charge in [0.05, 0.1) is 12.0 Å².